The summed E-state index contributed by atoms with van der Waals surface area (Å²) in [5.41, 5.74) is 1.78. The predicted molar refractivity (Wildman–Crippen MR) is 82.3 cm³/mol. The molecule has 0 saturated heterocycles. The Hall–Kier alpha value is -1.23. The summed E-state index contributed by atoms with van der Waals surface area (Å²) < 4.78 is 10.5. The molecule has 2 rings (SSSR count). The van der Waals surface area contributed by atoms with E-state index in [9.17, 15) is 5.11 Å². The fourth-order valence-electron chi connectivity index (χ4n) is 2.15. The van der Waals surface area contributed by atoms with Crippen LogP contribution in [0, 0.1) is 0 Å². The second-order valence-corrected chi connectivity index (χ2v) is 5.60. The predicted octanol–water partition coefficient (Wildman–Crippen LogP) is 4.06. The second kappa shape index (κ2) is 6.48. The van der Waals surface area contributed by atoms with Gasteiger partial charge in [0.25, 0.3) is 0 Å². The Morgan fingerprint density at radius 1 is 1.25 bits per heavy atom. The Morgan fingerprint density at radius 2 is 2.00 bits per heavy atom. The minimum absolute atomic E-state index is 0.376. The van der Waals surface area contributed by atoms with Gasteiger partial charge in [-0.25, -0.2) is 0 Å². The molecule has 3 nitrogen and oxygen atoms in total. The molecular formula is C15H17ClO3S. The fraction of sp³-hybridized carbons (Fsp3) is 0.333. The van der Waals surface area contributed by atoms with E-state index in [2.05, 4.69) is 6.92 Å². The van der Waals surface area contributed by atoms with Gasteiger partial charge in [-0.3, -0.25) is 0 Å². The van der Waals surface area contributed by atoms with Gasteiger partial charge in [0.05, 0.1) is 14.2 Å². The summed E-state index contributed by atoms with van der Waals surface area (Å²) >= 11 is 7.77. The lowest BCUT2D eigenvalue weighted by atomic mass is 10.0. The zero-order valence-corrected chi connectivity index (χ0v) is 13.2. The van der Waals surface area contributed by atoms with Crippen molar-refractivity contribution >= 4 is 22.9 Å². The van der Waals surface area contributed by atoms with Gasteiger partial charge in [-0.05, 0) is 35.6 Å². The van der Waals surface area contributed by atoms with Crippen molar-refractivity contribution in [3.8, 4) is 11.5 Å². The Labute approximate surface area is 127 Å². The van der Waals surface area contributed by atoms with E-state index in [1.807, 2.05) is 11.4 Å². The summed E-state index contributed by atoms with van der Waals surface area (Å²) in [5.74, 6) is 0.982. The van der Waals surface area contributed by atoms with Gasteiger partial charge in [-0.1, -0.05) is 18.5 Å². The Morgan fingerprint density at radius 3 is 2.60 bits per heavy atom. The first-order valence-corrected chi connectivity index (χ1v) is 7.54. The maximum Gasteiger partial charge on any atom is 0.147 e. The van der Waals surface area contributed by atoms with Gasteiger partial charge in [0, 0.05) is 10.4 Å². The van der Waals surface area contributed by atoms with E-state index in [-0.39, 0.29) is 0 Å². The number of rotatable bonds is 5. The number of methoxy groups -OCH3 is 2. The first-order valence-electron chi connectivity index (χ1n) is 6.28. The molecule has 0 saturated carbocycles. The van der Waals surface area contributed by atoms with Crippen molar-refractivity contribution in [3.63, 3.8) is 0 Å². The summed E-state index contributed by atoms with van der Waals surface area (Å²) in [4.78, 5) is 0.923. The lowest BCUT2D eigenvalue weighted by Crippen LogP contribution is -2.04. The largest absolute Gasteiger partial charge is 0.495 e. The van der Waals surface area contributed by atoms with Gasteiger partial charge in [0.2, 0.25) is 0 Å². The van der Waals surface area contributed by atoms with Crippen molar-refractivity contribution in [2.45, 2.75) is 19.4 Å². The van der Waals surface area contributed by atoms with Gasteiger partial charge in [0.15, 0.2) is 0 Å². The first-order chi connectivity index (χ1) is 9.63. The molecule has 1 heterocycles. The number of aliphatic hydroxyl groups excluding tert-OH is 1. The molecule has 0 bridgehead atoms. The molecule has 2 aromatic rings. The Balaban J connectivity index is 2.49. The van der Waals surface area contributed by atoms with E-state index in [0.29, 0.717) is 22.1 Å². The molecule has 1 aromatic heterocycles. The van der Waals surface area contributed by atoms with Crippen LogP contribution < -0.4 is 9.47 Å². The molecule has 0 aliphatic rings. The number of thiophene rings is 1. The van der Waals surface area contributed by atoms with Crippen LogP contribution >= 0.6 is 22.9 Å². The van der Waals surface area contributed by atoms with Crippen LogP contribution in [-0.2, 0) is 6.42 Å². The lowest BCUT2D eigenvalue weighted by Gasteiger charge is -2.17. The van der Waals surface area contributed by atoms with Gasteiger partial charge < -0.3 is 14.6 Å². The molecule has 0 aliphatic heterocycles. The smallest absolute Gasteiger partial charge is 0.147 e. The summed E-state index contributed by atoms with van der Waals surface area (Å²) in [7, 11) is 3.08. The third kappa shape index (κ3) is 2.64. The molecule has 1 atom stereocenters. The Bertz CT molecular complexity index is 595. The van der Waals surface area contributed by atoms with Crippen molar-refractivity contribution < 1.29 is 14.6 Å². The molecule has 0 fully saturated rings. The molecule has 1 N–H and O–H groups in total. The quantitative estimate of drug-likeness (QED) is 0.904. The number of aliphatic hydroxyl groups is 1. The molecule has 1 aromatic carbocycles. The van der Waals surface area contributed by atoms with Crippen LogP contribution in [0.2, 0.25) is 5.02 Å². The van der Waals surface area contributed by atoms with Crippen LogP contribution in [0.4, 0.5) is 0 Å². The topological polar surface area (TPSA) is 38.7 Å². The van der Waals surface area contributed by atoms with Crippen LogP contribution in [-0.4, -0.2) is 19.3 Å². The normalized spacial score (nSPS) is 12.2. The highest BCUT2D eigenvalue weighted by Crippen LogP contribution is 2.42. The third-order valence-electron chi connectivity index (χ3n) is 3.22. The molecule has 0 aliphatic carbocycles. The molecule has 1 unspecified atom stereocenters. The number of hydrogen-bond donors (Lipinski definition) is 1. The minimum atomic E-state index is -0.747. The number of halogens is 1. The van der Waals surface area contributed by atoms with E-state index in [4.69, 9.17) is 21.1 Å². The average Bonchev–Trinajstić information content (AvgIpc) is 2.94. The van der Waals surface area contributed by atoms with E-state index >= 15 is 0 Å². The number of aryl methyl sites for hydroxylation is 1. The van der Waals surface area contributed by atoms with E-state index < -0.39 is 6.10 Å². The van der Waals surface area contributed by atoms with E-state index in [1.165, 1.54) is 18.4 Å². The summed E-state index contributed by atoms with van der Waals surface area (Å²) in [6.45, 7) is 2.07. The van der Waals surface area contributed by atoms with Crippen LogP contribution in [0.5, 0.6) is 11.5 Å². The summed E-state index contributed by atoms with van der Waals surface area (Å²) in [5, 5.41) is 13.0. The van der Waals surface area contributed by atoms with E-state index in [0.717, 1.165) is 16.9 Å². The van der Waals surface area contributed by atoms with Crippen LogP contribution in [0.3, 0.4) is 0 Å². The second-order valence-electron chi connectivity index (χ2n) is 4.27. The molecule has 0 spiro atoms. The monoisotopic (exact) mass is 312 g/mol. The van der Waals surface area contributed by atoms with Crippen molar-refractivity contribution in [1.82, 2.24) is 0 Å². The average molecular weight is 313 g/mol. The van der Waals surface area contributed by atoms with Gasteiger partial charge in [0.1, 0.15) is 22.6 Å². The number of hydrogen-bond acceptors (Lipinski definition) is 4. The molecule has 108 valence electrons. The highest BCUT2D eigenvalue weighted by molar-refractivity contribution is 7.10. The van der Waals surface area contributed by atoms with Crippen molar-refractivity contribution in [1.29, 1.82) is 0 Å². The third-order valence-corrected chi connectivity index (χ3v) is 4.59. The van der Waals surface area contributed by atoms with E-state index in [1.54, 1.807) is 19.2 Å². The molecule has 5 heteroatoms. The van der Waals surface area contributed by atoms with Gasteiger partial charge >= 0.3 is 0 Å². The Kier molecular flexibility index (Phi) is 4.91. The van der Waals surface area contributed by atoms with Crippen LogP contribution in [0.15, 0.2) is 23.6 Å². The lowest BCUT2D eigenvalue weighted by molar-refractivity contribution is 0.217. The van der Waals surface area contributed by atoms with Crippen LogP contribution in [0.25, 0.3) is 0 Å². The summed E-state index contributed by atoms with van der Waals surface area (Å²) in [6.07, 6.45) is 0.130. The SMILES string of the molecule is CCc1ccsc1C(O)c1ccc(OC)c(Cl)c1OC. The zero-order chi connectivity index (χ0) is 14.7. The van der Waals surface area contributed by atoms with Gasteiger partial charge in [-0.15, -0.1) is 11.3 Å². The highest BCUT2D eigenvalue weighted by atomic mass is 35.5. The molecule has 0 radical (unpaired) electrons. The standard InChI is InChI=1S/C15H17ClO3S/c1-4-9-7-8-20-15(9)13(17)10-5-6-11(18-2)12(16)14(10)19-3/h5-8,13,17H,4H2,1-3H3. The molecular weight excluding hydrogens is 296 g/mol. The molecule has 0 amide bonds. The maximum atomic E-state index is 10.6. The number of benzene rings is 1. The van der Waals surface area contributed by atoms with Crippen molar-refractivity contribution in [2.24, 2.45) is 0 Å². The summed E-state index contributed by atoms with van der Waals surface area (Å²) in [6, 6.07) is 5.55. The first kappa shape index (κ1) is 15.2. The minimum Gasteiger partial charge on any atom is -0.495 e. The zero-order valence-electron chi connectivity index (χ0n) is 11.6. The van der Waals surface area contributed by atoms with Gasteiger partial charge in [-0.2, -0.15) is 0 Å². The maximum absolute atomic E-state index is 10.6. The fourth-order valence-corrected chi connectivity index (χ4v) is 3.48. The van der Waals surface area contributed by atoms with Crippen LogP contribution in [0.1, 0.15) is 29.0 Å². The van der Waals surface area contributed by atoms with Crippen molar-refractivity contribution in [3.05, 3.63) is 44.6 Å². The highest BCUT2D eigenvalue weighted by Gasteiger charge is 2.22. The van der Waals surface area contributed by atoms with Crippen molar-refractivity contribution in [2.75, 3.05) is 14.2 Å². The molecule has 20 heavy (non-hydrogen) atoms. The number of ether oxygens (including phenoxy) is 2.